The quantitative estimate of drug-likeness (QED) is 0.0207. The van der Waals surface area contributed by atoms with Gasteiger partial charge < -0.3 is 144 Å². The molecule has 0 radical (unpaired) electrons. The van der Waals surface area contributed by atoms with Gasteiger partial charge in [-0.2, -0.15) is 0 Å². The Morgan fingerprint density at radius 1 is 0.127 bits per heavy atom. The normalized spacial score (nSPS) is 30.7. The molecule has 8 fully saturated rings. The minimum Gasteiger partial charge on any atom is -0.394 e. The van der Waals surface area contributed by atoms with Crippen molar-refractivity contribution in [3.05, 3.63) is 431 Å². The lowest BCUT2D eigenvalue weighted by molar-refractivity contribution is -0.416. The number of ether oxygens (including phenoxy) is 24. The fraction of sp³-hybridized carbons (Fsp3) is 0.400. The van der Waals surface area contributed by atoms with Crippen LogP contribution in [0.4, 0.5) is 0 Å². The van der Waals surface area contributed by atoms with Crippen molar-refractivity contribution in [3.63, 3.8) is 0 Å². The molecule has 8 aliphatic heterocycles. The molecule has 0 amide bonds. The van der Waals surface area contributed by atoms with E-state index in [9.17, 15) is 30.6 Å². The average molecular weight is 2050 g/mol. The summed E-state index contributed by atoms with van der Waals surface area (Å²) in [6, 6.07) is 114. The highest BCUT2D eigenvalue weighted by Crippen LogP contribution is 2.46. The Morgan fingerprint density at radius 2 is 0.220 bits per heavy atom. The molecule has 0 unspecified atom stereocenters. The van der Waals surface area contributed by atoms with Crippen LogP contribution in [0.2, 0.25) is 0 Å². The lowest BCUT2D eigenvalue weighted by atomic mass is 9.93. The first-order valence-electron chi connectivity index (χ1n) is 51.5. The van der Waals surface area contributed by atoms with Crippen molar-refractivity contribution < 1.29 is 144 Å². The maximum Gasteiger partial charge on any atom is 0.187 e. The summed E-state index contributed by atoms with van der Waals surface area (Å²) in [6.07, 6.45) is -44.3. The Morgan fingerprint density at radius 3 is 0.313 bits per heavy atom. The van der Waals surface area contributed by atoms with Gasteiger partial charge in [-0.15, -0.1) is 0 Å². The van der Waals surface area contributed by atoms with E-state index < -0.39 is 224 Å². The zero-order valence-corrected chi connectivity index (χ0v) is 83.2. The highest BCUT2D eigenvalue weighted by atomic mass is 16.8. The fourth-order valence-electron chi connectivity index (χ4n) is 20.1. The second kappa shape index (κ2) is 55.3. The van der Waals surface area contributed by atoms with Gasteiger partial charge in [-0.25, -0.2) is 0 Å². The van der Waals surface area contributed by atoms with Crippen molar-refractivity contribution in [2.24, 2.45) is 0 Å². The summed E-state index contributed by atoms with van der Waals surface area (Å²) in [5.41, 5.74) is 8.71. The van der Waals surface area contributed by atoms with E-state index in [2.05, 4.69) is 0 Å². The second-order valence-electron chi connectivity index (χ2n) is 38.1. The maximum absolute atomic E-state index is 12.6. The molecule has 8 heterocycles. The highest BCUT2D eigenvalue weighted by Gasteiger charge is 2.63. The van der Waals surface area contributed by atoms with E-state index in [1.54, 1.807) is 0 Å². The molecule has 792 valence electrons. The summed E-state index contributed by atoms with van der Waals surface area (Å²) in [4.78, 5) is 0. The lowest BCUT2D eigenvalue weighted by Gasteiger charge is -2.53. The molecule has 30 nitrogen and oxygen atoms in total. The van der Waals surface area contributed by atoms with Crippen LogP contribution < -0.4 is 0 Å². The van der Waals surface area contributed by atoms with Crippen LogP contribution in [0.1, 0.15) is 66.8 Å². The average Bonchev–Trinajstić information content (AvgIpc) is 0.759. The molecular formula is C120H132O30. The van der Waals surface area contributed by atoms with E-state index in [1.165, 1.54) is 0 Å². The van der Waals surface area contributed by atoms with Gasteiger partial charge in [0.2, 0.25) is 0 Å². The number of hydrogen-bond donors (Lipinski definition) is 6. The Kier molecular flexibility index (Phi) is 39.8. The van der Waals surface area contributed by atoms with Gasteiger partial charge in [-0.05, 0) is 66.8 Å². The molecule has 8 aliphatic rings. The van der Waals surface area contributed by atoms with E-state index in [-0.39, 0.29) is 79.3 Å². The first-order valence-corrected chi connectivity index (χ1v) is 51.5. The Labute approximate surface area is 873 Å². The summed E-state index contributed by atoms with van der Waals surface area (Å²) < 4.78 is 179. The molecule has 8 saturated heterocycles. The zero-order valence-electron chi connectivity index (χ0n) is 83.2. The van der Waals surface area contributed by atoms with Gasteiger partial charge in [0.15, 0.2) is 37.7 Å². The highest BCUT2D eigenvalue weighted by molar-refractivity contribution is 5.25. The predicted molar refractivity (Wildman–Crippen MR) is 544 cm³/mol. The standard InChI is InChI=1S/C120H132O30/c121-61-91-97-103(127-67-79-37-13-1-14-38-79)109(133-73-85-49-25-7-26-50-85)115(139-91)146-98-92(62-122)141-117(111(135-75-87-53-29-9-30-54-87)104(98)128-68-80-39-15-2-16-40-80)148-100-94(64-124)143-119(113(137-77-89-57-33-11-34-58-89)106(100)130-70-82-43-19-4-20-44-82)150-102-96(66-126)144-120(114(138-78-90-59-35-12-36-60-90)108(102)132-72-84-47-23-6-24-48-84)149-101-95(65-125)142-118(112(136-76-88-55-31-10-32-56-88)107(101)131-71-83-45-21-5-22-46-83)147-99-93(63-123)140-116(145-97)110(134-74-86-51-27-8-28-52-86)105(99)129-69-81-41-17-3-18-42-81/h1-60,91-126H,61-78H2/t91-,92-,93-,94-,95-,96-,97-,98-,99-,100-,101-,102-,103-,104+,105+,106+,107+,108+,109-,110-,111-,112-,113-,114-,115-,116-,117-,118-,119-,120-/m1/s1. The van der Waals surface area contributed by atoms with Crippen molar-refractivity contribution in [1.82, 2.24) is 0 Å². The summed E-state index contributed by atoms with van der Waals surface area (Å²) in [6.45, 7) is -5.96. The van der Waals surface area contributed by atoms with Crippen LogP contribution in [0.15, 0.2) is 364 Å². The molecule has 150 heavy (non-hydrogen) atoms. The van der Waals surface area contributed by atoms with Gasteiger partial charge in [0.05, 0.1) is 119 Å². The van der Waals surface area contributed by atoms with Gasteiger partial charge in [0.1, 0.15) is 146 Å². The van der Waals surface area contributed by atoms with Gasteiger partial charge in [-0.3, -0.25) is 0 Å². The summed E-state index contributed by atoms with van der Waals surface area (Å²) in [5.74, 6) is 0. The Balaban J connectivity index is 0.814. The molecule has 30 heteroatoms. The smallest absolute Gasteiger partial charge is 0.187 e. The summed E-state index contributed by atoms with van der Waals surface area (Å²) in [5, 5.41) is 75.5. The van der Waals surface area contributed by atoms with Crippen LogP contribution in [-0.2, 0) is 193 Å². The van der Waals surface area contributed by atoms with Gasteiger partial charge in [0, 0.05) is 0 Å². The predicted octanol–water partition coefficient (Wildman–Crippen LogP) is 13.6. The first-order chi connectivity index (χ1) is 74.1. The van der Waals surface area contributed by atoms with Crippen LogP contribution in [0, 0.1) is 0 Å². The first kappa shape index (κ1) is 108. The van der Waals surface area contributed by atoms with Gasteiger partial charge >= 0.3 is 0 Å². The molecule has 0 aromatic heterocycles. The summed E-state index contributed by atoms with van der Waals surface area (Å²) in [7, 11) is 0. The van der Waals surface area contributed by atoms with Gasteiger partial charge in [0.25, 0.3) is 0 Å². The molecule has 12 aromatic rings. The Bertz CT molecular complexity index is 4900. The molecule has 0 aliphatic carbocycles. The van der Waals surface area contributed by atoms with Crippen molar-refractivity contribution >= 4 is 0 Å². The van der Waals surface area contributed by atoms with E-state index in [0.717, 1.165) is 66.8 Å². The molecule has 12 bridgehead atoms. The van der Waals surface area contributed by atoms with E-state index in [4.69, 9.17) is 114 Å². The molecule has 20 rings (SSSR count). The largest absolute Gasteiger partial charge is 0.394 e. The van der Waals surface area contributed by atoms with Crippen LogP contribution in [0.3, 0.4) is 0 Å². The van der Waals surface area contributed by atoms with Crippen molar-refractivity contribution in [3.8, 4) is 0 Å². The van der Waals surface area contributed by atoms with Crippen molar-refractivity contribution in [2.45, 2.75) is 264 Å². The van der Waals surface area contributed by atoms with Crippen molar-refractivity contribution in [1.29, 1.82) is 0 Å². The third-order valence-electron chi connectivity index (χ3n) is 27.8. The third kappa shape index (κ3) is 28.2. The number of benzene rings is 12. The molecule has 6 N–H and O–H groups in total. The van der Waals surface area contributed by atoms with Gasteiger partial charge in [-0.1, -0.05) is 364 Å². The van der Waals surface area contributed by atoms with Crippen LogP contribution in [0.5, 0.6) is 0 Å². The Hall–Kier alpha value is -10.6. The SMILES string of the molecule is OC[C@H]1O[C@@H]2O[C@H]3[C@H](OCc4ccccc4)[C@@H](OCc4ccccc4)[C@@H](O[C@H]4[C@H](OCc5ccccc5)[C@@H](OCc5ccccc5)[C@@H](O[C@H]5[C@@H](OCc6ccccc6)[C@@H](OCc6ccccc6)[C@@H](O[C@H]6[C@H](OCc7ccccc7)[C@@H](OCc7ccccc7)[C@@H](O[C@H]7[C@H](OCc8ccccc8)[C@@H](OCc8ccccc8)[C@@H](O[C@H]1[C@H](OCc1ccccc1)[C@H]2OCc1ccccc1)O[C@@H]7CO)O[C@@H]6CO)O[C@@H]5CO)O[C@@H]4CO)O[C@@H]3CO. The number of fused-ring (bicyclic) bond motifs is 2. The van der Waals surface area contributed by atoms with E-state index in [1.807, 2.05) is 364 Å². The second-order valence-corrected chi connectivity index (χ2v) is 38.1. The number of aliphatic hydroxyl groups excluding tert-OH is 6. The summed E-state index contributed by atoms with van der Waals surface area (Å²) >= 11 is 0. The molecule has 0 saturated carbocycles. The monoisotopic (exact) mass is 2050 g/mol. The molecular weight excluding hydrogens is 1920 g/mol. The van der Waals surface area contributed by atoms with Crippen molar-refractivity contribution in [2.75, 3.05) is 39.6 Å². The molecule has 30 atom stereocenters. The van der Waals surface area contributed by atoms with Crippen LogP contribution >= 0.6 is 0 Å². The lowest BCUT2D eigenvalue weighted by Crippen LogP contribution is -2.70. The minimum absolute atomic E-state index is 0.0991. The van der Waals surface area contributed by atoms with Crippen LogP contribution in [0.25, 0.3) is 0 Å². The number of hydrogen-bond acceptors (Lipinski definition) is 30. The van der Waals surface area contributed by atoms with E-state index in [0.29, 0.717) is 0 Å². The van der Waals surface area contributed by atoms with Crippen LogP contribution in [-0.4, -0.2) is 255 Å². The fourth-order valence-corrected chi connectivity index (χ4v) is 20.1. The zero-order chi connectivity index (χ0) is 102. The number of aliphatic hydroxyl groups is 6. The topological polar surface area (TPSA) is 343 Å². The minimum atomic E-state index is -1.65. The third-order valence-corrected chi connectivity index (χ3v) is 27.8. The van der Waals surface area contributed by atoms with E-state index >= 15 is 0 Å². The molecule has 0 spiro atoms. The molecule has 12 aromatic carbocycles. The number of rotatable bonds is 42. The maximum atomic E-state index is 12.6.